The Morgan fingerprint density at radius 2 is 2.00 bits per heavy atom. The van der Waals surface area contributed by atoms with Crippen LogP contribution >= 0.6 is 23.1 Å². The first-order chi connectivity index (χ1) is 12.5. The van der Waals surface area contributed by atoms with E-state index in [9.17, 15) is 9.18 Å². The highest BCUT2D eigenvalue weighted by molar-refractivity contribution is 8.01. The predicted molar refractivity (Wildman–Crippen MR) is 102 cm³/mol. The van der Waals surface area contributed by atoms with Gasteiger partial charge in [-0.2, -0.15) is 0 Å². The number of nitrogens with zero attached hydrogens (tertiary/aromatic N) is 2. The number of hydrogen-bond acceptors (Lipinski definition) is 7. The monoisotopic (exact) mass is 389 g/mol. The summed E-state index contributed by atoms with van der Waals surface area (Å²) in [5.41, 5.74) is 2.32. The summed E-state index contributed by atoms with van der Waals surface area (Å²) in [5.74, 6) is -0.218. The number of aromatic nitrogens is 2. The highest BCUT2D eigenvalue weighted by atomic mass is 32.2. The van der Waals surface area contributed by atoms with Gasteiger partial charge in [0.2, 0.25) is 5.13 Å². The van der Waals surface area contributed by atoms with Crippen LogP contribution in [0.2, 0.25) is 0 Å². The third-order valence-corrected chi connectivity index (χ3v) is 5.47. The Balaban J connectivity index is 1.62. The summed E-state index contributed by atoms with van der Waals surface area (Å²) in [6.07, 6.45) is 0. The lowest BCUT2D eigenvalue weighted by atomic mass is 10.1. The van der Waals surface area contributed by atoms with Gasteiger partial charge in [0.05, 0.1) is 18.4 Å². The molecule has 0 radical (unpaired) electrons. The average Bonchev–Trinajstić information content (AvgIpc) is 3.09. The SMILES string of the molecule is COc1ccc(F)cc1C(=O)CSc1nnc(Nc2ccc(C)cc2)s1. The molecule has 0 amide bonds. The Morgan fingerprint density at radius 1 is 1.23 bits per heavy atom. The van der Waals surface area contributed by atoms with Crippen molar-refractivity contribution in [3.63, 3.8) is 0 Å². The second kappa shape index (κ2) is 8.29. The number of anilines is 2. The van der Waals surface area contributed by atoms with E-state index in [4.69, 9.17) is 4.74 Å². The van der Waals surface area contributed by atoms with Gasteiger partial charge in [-0.25, -0.2) is 4.39 Å². The Kier molecular flexibility index (Phi) is 5.85. The standard InChI is InChI=1S/C18H16FN3O2S2/c1-11-3-6-13(7-4-11)20-17-21-22-18(26-17)25-10-15(23)14-9-12(19)5-8-16(14)24-2/h3-9H,10H2,1-2H3,(H,20,21). The van der Waals surface area contributed by atoms with Crippen LogP contribution in [0.25, 0.3) is 0 Å². The predicted octanol–water partition coefficient (Wildman–Crippen LogP) is 4.71. The van der Waals surface area contributed by atoms with Crippen molar-refractivity contribution in [2.45, 2.75) is 11.3 Å². The van der Waals surface area contributed by atoms with Crippen molar-refractivity contribution in [1.29, 1.82) is 0 Å². The van der Waals surface area contributed by atoms with E-state index < -0.39 is 5.82 Å². The molecule has 0 bridgehead atoms. The molecular formula is C18H16FN3O2S2. The van der Waals surface area contributed by atoms with Gasteiger partial charge in [0, 0.05) is 5.69 Å². The average molecular weight is 389 g/mol. The first-order valence-electron chi connectivity index (χ1n) is 7.72. The normalized spacial score (nSPS) is 10.6. The fourth-order valence-corrected chi connectivity index (χ4v) is 3.84. The topological polar surface area (TPSA) is 64.1 Å². The van der Waals surface area contributed by atoms with Gasteiger partial charge in [0.25, 0.3) is 0 Å². The molecule has 1 aromatic heterocycles. The highest BCUT2D eigenvalue weighted by Gasteiger charge is 2.15. The summed E-state index contributed by atoms with van der Waals surface area (Å²) in [6.45, 7) is 2.02. The van der Waals surface area contributed by atoms with Crippen LogP contribution in [-0.4, -0.2) is 28.8 Å². The molecule has 0 saturated heterocycles. The number of rotatable bonds is 7. The zero-order valence-electron chi connectivity index (χ0n) is 14.2. The lowest BCUT2D eigenvalue weighted by molar-refractivity contribution is 0.101. The van der Waals surface area contributed by atoms with E-state index in [0.717, 1.165) is 5.69 Å². The zero-order chi connectivity index (χ0) is 18.5. The molecule has 26 heavy (non-hydrogen) atoms. The number of Topliss-reactive ketones (excluding diaryl/α,β-unsaturated/α-hetero) is 1. The van der Waals surface area contributed by atoms with Crippen LogP contribution in [0.3, 0.4) is 0 Å². The summed E-state index contributed by atoms with van der Waals surface area (Å²) in [6, 6.07) is 11.8. The quantitative estimate of drug-likeness (QED) is 0.466. The van der Waals surface area contributed by atoms with Crippen LogP contribution in [0.15, 0.2) is 46.8 Å². The van der Waals surface area contributed by atoms with Crippen LogP contribution in [0.5, 0.6) is 5.75 Å². The largest absolute Gasteiger partial charge is 0.496 e. The summed E-state index contributed by atoms with van der Waals surface area (Å²) in [7, 11) is 1.45. The van der Waals surface area contributed by atoms with Gasteiger partial charge in [0.1, 0.15) is 11.6 Å². The minimum Gasteiger partial charge on any atom is -0.496 e. The minimum absolute atomic E-state index is 0.124. The maximum atomic E-state index is 13.4. The van der Waals surface area contributed by atoms with Crippen molar-refractivity contribution in [3.05, 3.63) is 59.4 Å². The smallest absolute Gasteiger partial charge is 0.210 e. The molecule has 1 heterocycles. The second-order valence-electron chi connectivity index (χ2n) is 5.42. The van der Waals surface area contributed by atoms with Crippen LogP contribution < -0.4 is 10.1 Å². The summed E-state index contributed by atoms with van der Waals surface area (Å²) < 4.78 is 19.2. The molecule has 0 saturated carbocycles. The van der Waals surface area contributed by atoms with Crippen LogP contribution in [0.4, 0.5) is 15.2 Å². The van der Waals surface area contributed by atoms with E-state index >= 15 is 0 Å². The summed E-state index contributed by atoms with van der Waals surface area (Å²) in [4.78, 5) is 12.4. The fraction of sp³-hybridized carbons (Fsp3) is 0.167. The maximum Gasteiger partial charge on any atom is 0.210 e. The molecule has 3 rings (SSSR count). The summed E-state index contributed by atoms with van der Waals surface area (Å²) in [5, 5.41) is 12.0. The van der Waals surface area contributed by atoms with Crippen LogP contribution in [-0.2, 0) is 0 Å². The number of ketones is 1. The number of thioether (sulfide) groups is 1. The number of benzene rings is 2. The number of nitrogens with one attached hydrogen (secondary N) is 1. The van der Waals surface area contributed by atoms with Crippen molar-refractivity contribution in [3.8, 4) is 5.75 Å². The summed E-state index contributed by atoms with van der Waals surface area (Å²) >= 11 is 2.61. The molecule has 0 spiro atoms. The lowest BCUT2D eigenvalue weighted by Crippen LogP contribution is -2.05. The van der Waals surface area contributed by atoms with E-state index in [1.165, 1.54) is 54.0 Å². The molecule has 2 aromatic carbocycles. The van der Waals surface area contributed by atoms with Crippen molar-refractivity contribution in [2.75, 3.05) is 18.2 Å². The van der Waals surface area contributed by atoms with Crippen molar-refractivity contribution in [2.24, 2.45) is 0 Å². The number of methoxy groups -OCH3 is 1. The minimum atomic E-state index is -0.473. The maximum absolute atomic E-state index is 13.4. The molecule has 0 aliphatic rings. The molecular weight excluding hydrogens is 373 g/mol. The zero-order valence-corrected chi connectivity index (χ0v) is 15.8. The number of carbonyl (C=O) groups excluding carboxylic acids is 1. The van der Waals surface area contributed by atoms with E-state index in [-0.39, 0.29) is 17.1 Å². The highest BCUT2D eigenvalue weighted by Crippen LogP contribution is 2.29. The van der Waals surface area contributed by atoms with Crippen LogP contribution in [0, 0.1) is 12.7 Å². The molecule has 0 fully saturated rings. The molecule has 0 aliphatic carbocycles. The Morgan fingerprint density at radius 3 is 2.73 bits per heavy atom. The van der Waals surface area contributed by atoms with Gasteiger partial charge < -0.3 is 10.1 Å². The van der Waals surface area contributed by atoms with E-state index in [2.05, 4.69) is 15.5 Å². The molecule has 5 nitrogen and oxygen atoms in total. The van der Waals surface area contributed by atoms with Gasteiger partial charge in [-0.15, -0.1) is 10.2 Å². The third-order valence-electron chi connectivity index (χ3n) is 3.50. The Labute approximate surface area is 158 Å². The second-order valence-corrected chi connectivity index (χ2v) is 7.62. The lowest BCUT2D eigenvalue weighted by Gasteiger charge is -2.06. The van der Waals surface area contributed by atoms with Gasteiger partial charge >= 0.3 is 0 Å². The molecule has 134 valence electrons. The number of hydrogen-bond donors (Lipinski definition) is 1. The van der Waals surface area contributed by atoms with E-state index in [0.29, 0.717) is 15.2 Å². The van der Waals surface area contributed by atoms with E-state index in [1.807, 2.05) is 31.2 Å². The molecule has 8 heteroatoms. The molecule has 1 N–H and O–H groups in total. The first kappa shape index (κ1) is 18.3. The van der Waals surface area contributed by atoms with Gasteiger partial charge in [0.15, 0.2) is 10.1 Å². The number of ether oxygens (including phenoxy) is 1. The van der Waals surface area contributed by atoms with Gasteiger partial charge in [-0.05, 0) is 37.3 Å². The first-order valence-corrected chi connectivity index (χ1v) is 9.52. The van der Waals surface area contributed by atoms with Crippen LogP contribution in [0.1, 0.15) is 15.9 Å². The van der Waals surface area contributed by atoms with Gasteiger partial charge in [-0.3, -0.25) is 4.79 Å². The van der Waals surface area contributed by atoms with Crippen molar-refractivity contribution >= 4 is 39.7 Å². The number of halogens is 1. The van der Waals surface area contributed by atoms with Gasteiger partial charge in [-0.1, -0.05) is 40.8 Å². The molecule has 0 aliphatic heterocycles. The fourth-order valence-electron chi connectivity index (χ4n) is 2.18. The molecule has 0 unspecified atom stereocenters. The third kappa shape index (κ3) is 4.59. The number of carbonyl (C=O) groups is 1. The molecule has 3 aromatic rings. The molecule has 0 atom stereocenters. The Bertz CT molecular complexity index is 913. The van der Waals surface area contributed by atoms with Crippen molar-refractivity contribution < 1.29 is 13.9 Å². The van der Waals surface area contributed by atoms with E-state index in [1.54, 1.807) is 0 Å². The Hall–Kier alpha value is -2.45. The number of aryl methyl sites for hydroxylation is 1. The van der Waals surface area contributed by atoms with Crippen molar-refractivity contribution in [1.82, 2.24) is 10.2 Å².